The van der Waals surface area contributed by atoms with Crippen molar-refractivity contribution >= 4 is 5.91 Å². The highest BCUT2D eigenvalue weighted by atomic mass is 16.1. The highest BCUT2D eigenvalue weighted by Gasteiger charge is 2.25. The van der Waals surface area contributed by atoms with E-state index in [9.17, 15) is 4.79 Å². The molecule has 2 heterocycles. The first-order valence-electron chi connectivity index (χ1n) is 4.87. The van der Waals surface area contributed by atoms with Crippen LogP contribution < -0.4 is 5.32 Å². The maximum absolute atomic E-state index is 10.9. The van der Waals surface area contributed by atoms with E-state index in [1.807, 2.05) is 0 Å². The smallest absolute Gasteiger partial charge is 0.220 e. The van der Waals surface area contributed by atoms with E-state index in [0.29, 0.717) is 6.04 Å². The molecule has 0 bridgehead atoms. The van der Waals surface area contributed by atoms with E-state index >= 15 is 0 Å². The predicted molar refractivity (Wildman–Crippen MR) is 46.8 cm³/mol. The van der Waals surface area contributed by atoms with Crippen LogP contribution in [0.25, 0.3) is 0 Å². The maximum atomic E-state index is 10.9. The molecule has 2 saturated heterocycles. The molecule has 0 saturated carbocycles. The van der Waals surface area contributed by atoms with Crippen molar-refractivity contribution in [3.63, 3.8) is 0 Å². The molecule has 1 N–H and O–H groups in total. The van der Waals surface area contributed by atoms with Crippen molar-refractivity contribution in [2.75, 3.05) is 19.6 Å². The summed E-state index contributed by atoms with van der Waals surface area (Å²) in [5.74, 6) is 0.227. The zero-order valence-electron chi connectivity index (χ0n) is 7.38. The van der Waals surface area contributed by atoms with Gasteiger partial charge < -0.3 is 5.32 Å². The first kappa shape index (κ1) is 8.05. The minimum absolute atomic E-state index is 0.227. The number of carbonyl (C=O) groups excluding carboxylic acids is 1. The van der Waals surface area contributed by atoms with E-state index in [0.717, 1.165) is 19.4 Å². The Morgan fingerprint density at radius 2 is 2.08 bits per heavy atom. The van der Waals surface area contributed by atoms with Gasteiger partial charge in [-0.15, -0.1) is 0 Å². The van der Waals surface area contributed by atoms with E-state index in [4.69, 9.17) is 0 Å². The standard InChI is InChI=1S/C9H16N2O/c12-9-4-3-8(7-10-9)11-5-1-2-6-11/h8H,1-7H2,(H,10,12). The third-order valence-electron chi connectivity index (χ3n) is 2.90. The van der Waals surface area contributed by atoms with Gasteiger partial charge >= 0.3 is 0 Å². The zero-order valence-corrected chi connectivity index (χ0v) is 7.38. The molecule has 0 spiro atoms. The van der Waals surface area contributed by atoms with Gasteiger partial charge in [0.25, 0.3) is 0 Å². The molecular weight excluding hydrogens is 152 g/mol. The molecule has 0 aromatic carbocycles. The minimum atomic E-state index is 0.227. The second-order valence-electron chi connectivity index (χ2n) is 3.74. The van der Waals surface area contributed by atoms with Gasteiger partial charge in [-0.2, -0.15) is 0 Å². The van der Waals surface area contributed by atoms with Crippen molar-refractivity contribution in [3.05, 3.63) is 0 Å². The lowest BCUT2D eigenvalue weighted by Gasteiger charge is -2.30. The van der Waals surface area contributed by atoms with Gasteiger partial charge in [-0.1, -0.05) is 0 Å². The van der Waals surface area contributed by atoms with Crippen LogP contribution in [0.1, 0.15) is 25.7 Å². The van der Waals surface area contributed by atoms with E-state index in [1.54, 1.807) is 0 Å². The molecule has 2 rings (SSSR count). The summed E-state index contributed by atoms with van der Waals surface area (Å²) in [6.45, 7) is 3.35. The molecule has 1 unspecified atom stereocenters. The van der Waals surface area contributed by atoms with Gasteiger partial charge in [0.2, 0.25) is 5.91 Å². The molecule has 1 atom stereocenters. The van der Waals surface area contributed by atoms with Crippen LogP contribution in [0.4, 0.5) is 0 Å². The summed E-state index contributed by atoms with van der Waals surface area (Å²) in [4.78, 5) is 13.4. The molecular formula is C9H16N2O. The van der Waals surface area contributed by atoms with E-state index in [2.05, 4.69) is 10.2 Å². The normalized spacial score (nSPS) is 32.0. The summed E-state index contributed by atoms with van der Waals surface area (Å²) in [6, 6.07) is 0.630. The number of nitrogens with zero attached hydrogens (tertiary/aromatic N) is 1. The lowest BCUT2D eigenvalue weighted by atomic mass is 10.1. The maximum Gasteiger partial charge on any atom is 0.220 e. The molecule has 1 amide bonds. The Morgan fingerprint density at radius 3 is 2.67 bits per heavy atom. The number of carbonyl (C=O) groups is 1. The number of piperidine rings is 1. The van der Waals surface area contributed by atoms with Gasteiger partial charge in [0.05, 0.1) is 0 Å². The molecule has 68 valence electrons. The van der Waals surface area contributed by atoms with E-state index in [-0.39, 0.29) is 5.91 Å². The summed E-state index contributed by atoms with van der Waals surface area (Å²) in [6.07, 6.45) is 4.46. The van der Waals surface area contributed by atoms with Crippen LogP contribution >= 0.6 is 0 Å². The van der Waals surface area contributed by atoms with E-state index in [1.165, 1.54) is 25.9 Å². The van der Waals surface area contributed by atoms with Crippen molar-refractivity contribution in [1.82, 2.24) is 10.2 Å². The summed E-state index contributed by atoms with van der Waals surface area (Å²) >= 11 is 0. The van der Waals surface area contributed by atoms with Gasteiger partial charge in [-0.25, -0.2) is 0 Å². The van der Waals surface area contributed by atoms with Crippen molar-refractivity contribution in [1.29, 1.82) is 0 Å². The Bertz CT molecular complexity index is 165. The molecule has 2 aliphatic rings. The van der Waals surface area contributed by atoms with Crippen LogP contribution in [-0.4, -0.2) is 36.5 Å². The third kappa shape index (κ3) is 1.61. The fraction of sp³-hybridized carbons (Fsp3) is 0.889. The molecule has 3 heteroatoms. The molecule has 0 radical (unpaired) electrons. The fourth-order valence-corrected chi connectivity index (χ4v) is 2.14. The molecule has 0 aromatic rings. The van der Waals surface area contributed by atoms with Crippen LogP contribution in [0.15, 0.2) is 0 Å². The highest BCUT2D eigenvalue weighted by molar-refractivity contribution is 5.76. The summed E-state index contributed by atoms with van der Waals surface area (Å²) in [7, 11) is 0. The van der Waals surface area contributed by atoms with Crippen LogP contribution in [-0.2, 0) is 4.79 Å². The quantitative estimate of drug-likeness (QED) is 0.613. The number of amides is 1. The van der Waals surface area contributed by atoms with Gasteiger partial charge in [0.1, 0.15) is 0 Å². The lowest BCUT2D eigenvalue weighted by Crippen LogP contribution is -2.46. The lowest BCUT2D eigenvalue weighted by molar-refractivity contribution is -0.123. The second-order valence-corrected chi connectivity index (χ2v) is 3.74. The molecule has 0 aliphatic carbocycles. The number of rotatable bonds is 1. The van der Waals surface area contributed by atoms with Crippen molar-refractivity contribution < 1.29 is 4.79 Å². The minimum Gasteiger partial charge on any atom is -0.355 e. The van der Waals surface area contributed by atoms with Crippen LogP contribution in [0.3, 0.4) is 0 Å². The number of hydrogen-bond acceptors (Lipinski definition) is 2. The number of likely N-dealkylation sites (tertiary alicyclic amines) is 1. The Balaban J connectivity index is 1.84. The first-order valence-corrected chi connectivity index (χ1v) is 4.87. The second kappa shape index (κ2) is 3.44. The summed E-state index contributed by atoms with van der Waals surface area (Å²) in [5.41, 5.74) is 0. The van der Waals surface area contributed by atoms with Gasteiger partial charge in [0, 0.05) is 19.0 Å². The average molecular weight is 168 g/mol. The zero-order chi connectivity index (χ0) is 8.39. The monoisotopic (exact) mass is 168 g/mol. The highest BCUT2D eigenvalue weighted by Crippen LogP contribution is 2.16. The SMILES string of the molecule is O=C1CCC(N2CCCC2)CN1. The Morgan fingerprint density at radius 1 is 1.33 bits per heavy atom. The fourth-order valence-electron chi connectivity index (χ4n) is 2.14. The van der Waals surface area contributed by atoms with Crippen LogP contribution in [0, 0.1) is 0 Å². The Hall–Kier alpha value is -0.570. The molecule has 2 aliphatic heterocycles. The molecule has 2 fully saturated rings. The predicted octanol–water partition coefficient (Wildman–Crippen LogP) is 0.361. The van der Waals surface area contributed by atoms with Crippen molar-refractivity contribution in [3.8, 4) is 0 Å². The molecule has 12 heavy (non-hydrogen) atoms. The van der Waals surface area contributed by atoms with Crippen molar-refractivity contribution in [2.24, 2.45) is 0 Å². The largest absolute Gasteiger partial charge is 0.355 e. The molecule has 3 nitrogen and oxygen atoms in total. The summed E-state index contributed by atoms with van der Waals surface area (Å²) < 4.78 is 0. The summed E-state index contributed by atoms with van der Waals surface area (Å²) in [5, 5.41) is 2.93. The van der Waals surface area contributed by atoms with Gasteiger partial charge in [0.15, 0.2) is 0 Å². The first-order chi connectivity index (χ1) is 5.86. The van der Waals surface area contributed by atoms with Crippen molar-refractivity contribution in [2.45, 2.75) is 31.7 Å². The Kier molecular flexibility index (Phi) is 2.30. The number of nitrogens with one attached hydrogen (secondary N) is 1. The Labute approximate surface area is 73.1 Å². The topological polar surface area (TPSA) is 32.3 Å². The van der Waals surface area contributed by atoms with Crippen LogP contribution in [0.2, 0.25) is 0 Å². The van der Waals surface area contributed by atoms with Crippen LogP contribution in [0.5, 0.6) is 0 Å². The number of hydrogen-bond donors (Lipinski definition) is 1. The van der Waals surface area contributed by atoms with Gasteiger partial charge in [-0.05, 0) is 32.4 Å². The average Bonchev–Trinajstić information content (AvgIpc) is 2.58. The molecule has 0 aromatic heterocycles. The van der Waals surface area contributed by atoms with E-state index < -0.39 is 0 Å². The van der Waals surface area contributed by atoms with Gasteiger partial charge in [-0.3, -0.25) is 9.69 Å². The third-order valence-corrected chi connectivity index (χ3v) is 2.90.